The van der Waals surface area contributed by atoms with Gasteiger partial charge in [-0.2, -0.15) is 0 Å². The lowest BCUT2D eigenvalue weighted by molar-refractivity contribution is -0.119. The second kappa shape index (κ2) is 7.04. The third-order valence-corrected chi connectivity index (χ3v) is 3.61. The van der Waals surface area contributed by atoms with E-state index in [1.54, 1.807) is 12.1 Å². The van der Waals surface area contributed by atoms with Crippen LogP contribution in [0.25, 0.3) is 0 Å². The zero-order chi connectivity index (χ0) is 16.9. The molecule has 2 aromatic rings. The quantitative estimate of drug-likeness (QED) is 0.855. The molecule has 0 atom stereocenters. The van der Waals surface area contributed by atoms with Gasteiger partial charge in [0.25, 0.3) is 5.91 Å². The topological polar surface area (TPSA) is 73.9 Å². The number of anilines is 1. The smallest absolute Gasteiger partial charge is 0.338 e. The number of nitrogens with one attached hydrogen (secondary N) is 1. The van der Waals surface area contributed by atoms with E-state index < -0.39 is 5.97 Å². The van der Waals surface area contributed by atoms with Gasteiger partial charge in [-0.15, -0.1) is 0 Å². The molecule has 3 rings (SSSR count). The molecule has 6 heteroatoms. The monoisotopic (exact) mass is 327 g/mol. The van der Waals surface area contributed by atoms with Crippen LogP contribution in [0.4, 0.5) is 5.69 Å². The number of hydrogen-bond donors (Lipinski definition) is 1. The van der Waals surface area contributed by atoms with Gasteiger partial charge in [0.15, 0.2) is 18.1 Å². The fourth-order valence-electron chi connectivity index (χ4n) is 2.37. The Labute approximate surface area is 139 Å². The van der Waals surface area contributed by atoms with Crippen molar-refractivity contribution < 1.29 is 23.8 Å². The van der Waals surface area contributed by atoms with Crippen LogP contribution in [0.3, 0.4) is 0 Å². The summed E-state index contributed by atoms with van der Waals surface area (Å²) in [4.78, 5) is 24.0. The molecule has 0 aliphatic carbocycles. The van der Waals surface area contributed by atoms with Crippen LogP contribution in [0, 0.1) is 0 Å². The number of rotatable bonds is 5. The number of fused-ring (bicyclic) bond motifs is 1. The molecule has 0 saturated carbocycles. The summed E-state index contributed by atoms with van der Waals surface area (Å²) >= 11 is 0. The number of hydrogen-bond acceptors (Lipinski definition) is 5. The average molecular weight is 327 g/mol. The Morgan fingerprint density at radius 1 is 1.12 bits per heavy atom. The number of ether oxygens (including phenoxy) is 3. The molecular weight excluding hydrogens is 310 g/mol. The predicted molar refractivity (Wildman–Crippen MR) is 87.3 cm³/mol. The van der Waals surface area contributed by atoms with Crippen LogP contribution < -0.4 is 14.8 Å². The van der Waals surface area contributed by atoms with Crippen molar-refractivity contribution in [3.63, 3.8) is 0 Å². The van der Waals surface area contributed by atoms with Gasteiger partial charge >= 0.3 is 5.97 Å². The summed E-state index contributed by atoms with van der Waals surface area (Å²) in [5, 5.41) is 2.75. The fraction of sp³-hybridized carbons (Fsp3) is 0.222. The summed E-state index contributed by atoms with van der Waals surface area (Å²) in [6.45, 7) is 1.78. The highest BCUT2D eigenvalue weighted by Crippen LogP contribution is 2.32. The van der Waals surface area contributed by atoms with Gasteiger partial charge in [-0.25, -0.2) is 4.79 Å². The highest BCUT2D eigenvalue weighted by Gasteiger charge is 2.17. The third kappa shape index (κ3) is 3.48. The molecule has 1 heterocycles. The molecule has 1 N–H and O–H groups in total. The maximum absolute atomic E-state index is 12.0. The first-order chi connectivity index (χ1) is 11.7. The van der Waals surface area contributed by atoms with Crippen molar-refractivity contribution >= 4 is 17.6 Å². The number of aryl methyl sites for hydroxylation is 1. The normalized spacial score (nSPS) is 11.9. The first kappa shape index (κ1) is 15.9. The van der Waals surface area contributed by atoms with E-state index >= 15 is 0 Å². The molecule has 0 radical (unpaired) electrons. The minimum absolute atomic E-state index is 0.132. The second-order valence-corrected chi connectivity index (χ2v) is 5.20. The number of amides is 1. The van der Waals surface area contributed by atoms with Gasteiger partial charge in [-0.05, 0) is 36.2 Å². The SMILES string of the molecule is CCc1ccccc1NC(=O)COC(=O)c1ccc2c(c1)OCO2. The van der Waals surface area contributed by atoms with Crippen LogP contribution in [0.2, 0.25) is 0 Å². The molecule has 0 spiro atoms. The highest BCUT2D eigenvalue weighted by atomic mass is 16.7. The Balaban J connectivity index is 1.57. The molecular formula is C18H17NO5. The zero-order valence-corrected chi connectivity index (χ0v) is 13.2. The van der Waals surface area contributed by atoms with E-state index in [9.17, 15) is 9.59 Å². The van der Waals surface area contributed by atoms with Crippen molar-refractivity contribution in [2.75, 3.05) is 18.7 Å². The van der Waals surface area contributed by atoms with Crippen LogP contribution in [0.15, 0.2) is 42.5 Å². The first-order valence-corrected chi connectivity index (χ1v) is 7.62. The molecule has 24 heavy (non-hydrogen) atoms. The summed E-state index contributed by atoms with van der Waals surface area (Å²) in [6, 6.07) is 12.2. The number of para-hydroxylation sites is 1. The molecule has 124 valence electrons. The molecule has 0 unspecified atom stereocenters. The largest absolute Gasteiger partial charge is 0.454 e. The number of esters is 1. The Morgan fingerprint density at radius 2 is 1.92 bits per heavy atom. The van der Waals surface area contributed by atoms with Gasteiger partial charge in [0, 0.05) is 5.69 Å². The lowest BCUT2D eigenvalue weighted by Crippen LogP contribution is -2.21. The van der Waals surface area contributed by atoms with Gasteiger partial charge in [-0.3, -0.25) is 4.79 Å². The van der Waals surface area contributed by atoms with Crippen LogP contribution in [0.5, 0.6) is 11.5 Å². The summed E-state index contributed by atoms with van der Waals surface area (Å²) < 4.78 is 15.4. The minimum atomic E-state index is -0.591. The maximum Gasteiger partial charge on any atom is 0.338 e. The van der Waals surface area contributed by atoms with Gasteiger partial charge in [0.2, 0.25) is 6.79 Å². The fourth-order valence-corrected chi connectivity index (χ4v) is 2.37. The molecule has 0 aromatic heterocycles. The summed E-state index contributed by atoms with van der Waals surface area (Å²) in [6.07, 6.45) is 0.799. The first-order valence-electron chi connectivity index (χ1n) is 7.62. The molecule has 1 amide bonds. The van der Waals surface area contributed by atoms with E-state index in [0.717, 1.165) is 17.7 Å². The molecule has 0 fully saturated rings. The van der Waals surface area contributed by atoms with Crippen LogP contribution in [-0.4, -0.2) is 25.3 Å². The van der Waals surface area contributed by atoms with Crippen molar-refractivity contribution in [1.82, 2.24) is 0 Å². The maximum atomic E-state index is 12.0. The van der Waals surface area contributed by atoms with Crippen LogP contribution >= 0.6 is 0 Å². The zero-order valence-electron chi connectivity index (χ0n) is 13.2. The van der Waals surface area contributed by atoms with Crippen LogP contribution in [0.1, 0.15) is 22.8 Å². The Hall–Kier alpha value is -3.02. The summed E-state index contributed by atoms with van der Waals surface area (Å²) in [5.74, 6) is 0.100. The molecule has 2 aromatic carbocycles. The Morgan fingerprint density at radius 3 is 2.75 bits per heavy atom. The Bertz CT molecular complexity index is 772. The van der Waals surface area contributed by atoms with E-state index in [-0.39, 0.29) is 19.3 Å². The number of carbonyl (C=O) groups is 2. The lowest BCUT2D eigenvalue weighted by atomic mass is 10.1. The summed E-state index contributed by atoms with van der Waals surface area (Å²) in [7, 11) is 0. The standard InChI is InChI=1S/C18H17NO5/c1-2-12-5-3-4-6-14(12)19-17(20)10-22-18(21)13-7-8-15-16(9-13)24-11-23-15/h3-9H,2,10-11H2,1H3,(H,19,20). The van der Waals surface area contributed by atoms with Gasteiger partial charge < -0.3 is 19.5 Å². The van der Waals surface area contributed by atoms with Gasteiger partial charge in [0.05, 0.1) is 5.56 Å². The van der Waals surface area contributed by atoms with E-state index in [4.69, 9.17) is 14.2 Å². The van der Waals surface area contributed by atoms with Crippen molar-refractivity contribution in [2.45, 2.75) is 13.3 Å². The lowest BCUT2D eigenvalue weighted by Gasteiger charge is -2.10. The van der Waals surface area contributed by atoms with Crippen molar-refractivity contribution in [3.05, 3.63) is 53.6 Å². The molecule has 0 saturated heterocycles. The third-order valence-electron chi connectivity index (χ3n) is 3.61. The average Bonchev–Trinajstić information content (AvgIpc) is 3.07. The minimum Gasteiger partial charge on any atom is -0.454 e. The van der Waals surface area contributed by atoms with Crippen molar-refractivity contribution in [2.24, 2.45) is 0 Å². The van der Waals surface area contributed by atoms with Crippen molar-refractivity contribution in [1.29, 1.82) is 0 Å². The Kier molecular flexibility index (Phi) is 4.65. The number of benzene rings is 2. The molecule has 0 bridgehead atoms. The van der Waals surface area contributed by atoms with Crippen LogP contribution in [-0.2, 0) is 16.0 Å². The molecule has 6 nitrogen and oxygen atoms in total. The summed E-state index contributed by atoms with van der Waals surface area (Å²) in [5.41, 5.74) is 2.05. The highest BCUT2D eigenvalue weighted by molar-refractivity contribution is 5.96. The van der Waals surface area contributed by atoms with E-state index in [1.807, 2.05) is 31.2 Å². The van der Waals surface area contributed by atoms with Gasteiger partial charge in [0.1, 0.15) is 0 Å². The van der Waals surface area contributed by atoms with Crippen molar-refractivity contribution in [3.8, 4) is 11.5 Å². The molecule has 1 aliphatic heterocycles. The molecule has 1 aliphatic rings. The number of carbonyl (C=O) groups excluding carboxylic acids is 2. The predicted octanol–water partition coefficient (Wildman–Crippen LogP) is 2.77. The van der Waals surface area contributed by atoms with E-state index in [1.165, 1.54) is 6.07 Å². The van der Waals surface area contributed by atoms with Gasteiger partial charge in [-0.1, -0.05) is 25.1 Å². The second-order valence-electron chi connectivity index (χ2n) is 5.20. The van der Waals surface area contributed by atoms with E-state index in [2.05, 4.69) is 5.32 Å². The van der Waals surface area contributed by atoms with E-state index in [0.29, 0.717) is 17.1 Å².